The molecule has 1 N–H and O–H groups in total. The summed E-state index contributed by atoms with van der Waals surface area (Å²) in [6.45, 7) is 8.02. The number of hydrogen-bond acceptors (Lipinski definition) is 3. The Morgan fingerprint density at radius 2 is 2.00 bits per heavy atom. The molecule has 1 unspecified atom stereocenters. The molecule has 0 aromatic heterocycles. The Labute approximate surface area is 82.1 Å². The molecule has 1 saturated heterocycles. The van der Waals surface area contributed by atoms with Gasteiger partial charge in [-0.15, -0.1) is 0 Å². The molecule has 0 aromatic rings. The number of hydrogen-bond donors (Lipinski definition) is 1. The third kappa shape index (κ3) is 2.42. The highest BCUT2D eigenvalue weighted by Gasteiger charge is 2.35. The van der Waals surface area contributed by atoms with Crippen LogP contribution >= 0.6 is 0 Å². The van der Waals surface area contributed by atoms with Gasteiger partial charge in [0.15, 0.2) is 0 Å². The Bertz CT molecular complexity index is 168. The first-order chi connectivity index (χ1) is 5.97. The highest BCUT2D eigenvalue weighted by molar-refractivity contribution is 4.93. The molecule has 1 aliphatic rings. The highest BCUT2D eigenvalue weighted by atomic mass is 15.3. The molecule has 1 aliphatic heterocycles. The third-order valence-electron chi connectivity index (χ3n) is 3.12. The summed E-state index contributed by atoms with van der Waals surface area (Å²) in [5, 5.41) is 3.26. The van der Waals surface area contributed by atoms with Crippen molar-refractivity contribution < 1.29 is 0 Å². The van der Waals surface area contributed by atoms with Crippen LogP contribution in [-0.2, 0) is 0 Å². The number of nitrogens with zero attached hydrogens (tertiary/aromatic N) is 2. The Balaban J connectivity index is 2.64. The molecule has 13 heavy (non-hydrogen) atoms. The standard InChI is InChI=1S/C10H23N3/c1-10(2)8-12(4)7-9(6-11-3)13(10)5/h9,11H,6-8H2,1-5H3. The number of rotatable bonds is 2. The maximum absolute atomic E-state index is 3.26. The number of piperazine rings is 1. The topological polar surface area (TPSA) is 18.5 Å². The van der Waals surface area contributed by atoms with E-state index in [4.69, 9.17) is 0 Å². The van der Waals surface area contributed by atoms with E-state index in [0.29, 0.717) is 11.6 Å². The SMILES string of the molecule is CNCC1CN(C)CC(C)(C)N1C. The number of nitrogens with one attached hydrogen (secondary N) is 1. The van der Waals surface area contributed by atoms with Crippen LogP contribution < -0.4 is 5.32 Å². The van der Waals surface area contributed by atoms with Gasteiger partial charge in [-0.3, -0.25) is 4.90 Å². The van der Waals surface area contributed by atoms with Gasteiger partial charge in [0.1, 0.15) is 0 Å². The molecular weight excluding hydrogens is 162 g/mol. The second kappa shape index (κ2) is 3.95. The van der Waals surface area contributed by atoms with Crippen LogP contribution in [-0.4, -0.2) is 62.2 Å². The van der Waals surface area contributed by atoms with Gasteiger partial charge in [0.05, 0.1) is 0 Å². The molecule has 0 aromatic carbocycles. The molecule has 0 spiro atoms. The van der Waals surface area contributed by atoms with Gasteiger partial charge in [-0.1, -0.05) is 0 Å². The smallest absolute Gasteiger partial charge is 0.0350 e. The van der Waals surface area contributed by atoms with Crippen molar-refractivity contribution in [1.29, 1.82) is 0 Å². The molecule has 0 aliphatic carbocycles. The van der Waals surface area contributed by atoms with Crippen LogP contribution in [0.3, 0.4) is 0 Å². The maximum atomic E-state index is 3.26. The van der Waals surface area contributed by atoms with Crippen LogP contribution in [0, 0.1) is 0 Å². The lowest BCUT2D eigenvalue weighted by Crippen LogP contribution is -2.63. The summed E-state index contributed by atoms with van der Waals surface area (Å²) in [4.78, 5) is 4.91. The lowest BCUT2D eigenvalue weighted by Gasteiger charge is -2.49. The summed E-state index contributed by atoms with van der Waals surface area (Å²) < 4.78 is 0. The Hall–Kier alpha value is -0.120. The quantitative estimate of drug-likeness (QED) is 0.664. The molecule has 3 heteroatoms. The van der Waals surface area contributed by atoms with E-state index < -0.39 is 0 Å². The van der Waals surface area contributed by atoms with Gasteiger partial charge in [0, 0.05) is 31.2 Å². The van der Waals surface area contributed by atoms with Crippen molar-refractivity contribution in [1.82, 2.24) is 15.1 Å². The van der Waals surface area contributed by atoms with E-state index in [2.05, 4.69) is 43.1 Å². The second-order valence-corrected chi connectivity index (χ2v) is 4.83. The van der Waals surface area contributed by atoms with Crippen molar-refractivity contribution in [3.63, 3.8) is 0 Å². The molecule has 0 bridgehead atoms. The lowest BCUT2D eigenvalue weighted by atomic mass is 9.96. The van der Waals surface area contributed by atoms with Crippen molar-refractivity contribution in [3.8, 4) is 0 Å². The van der Waals surface area contributed by atoms with Crippen molar-refractivity contribution >= 4 is 0 Å². The fourth-order valence-corrected chi connectivity index (χ4v) is 2.25. The molecule has 1 atom stereocenters. The van der Waals surface area contributed by atoms with Gasteiger partial charge in [-0.2, -0.15) is 0 Å². The fourth-order valence-electron chi connectivity index (χ4n) is 2.25. The minimum atomic E-state index is 0.300. The zero-order valence-electron chi connectivity index (χ0n) is 9.59. The van der Waals surface area contributed by atoms with Gasteiger partial charge < -0.3 is 10.2 Å². The van der Waals surface area contributed by atoms with Crippen LogP contribution in [0.4, 0.5) is 0 Å². The van der Waals surface area contributed by atoms with Crippen LogP contribution in [0.2, 0.25) is 0 Å². The summed E-state index contributed by atoms with van der Waals surface area (Å²) in [6.07, 6.45) is 0. The zero-order chi connectivity index (χ0) is 10.1. The van der Waals surface area contributed by atoms with Crippen LogP contribution in [0.1, 0.15) is 13.8 Å². The minimum absolute atomic E-state index is 0.300. The first-order valence-corrected chi connectivity index (χ1v) is 5.03. The molecule has 1 fully saturated rings. The van der Waals surface area contributed by atoms with Gasteiger partial charge >= 0.3 is 0 Å². The van der Waals surface area contributed by atoms with Crippen molar-refractivity contribution in [2.24, 2.45) is 0 Å². The molecular formula is C10H23N3. The monoisotopic (exact) mass is 185 g/mol. The first kappa shape index (κ1) is 11.0. The summed E-state index contributed by atoms with van der Waals surface area (Å²) in [7, 11) is 6.46. The summed E-state index contributed by atoms with van der Waals surface area (Å²) in [5.41, 5.74) is 0.300. The van der Waals surface area contributed by atoms with E-state index in [1.165, 1.54) is 6.54 Å². The van der Waals surface area contributed by atoms with Gasteiger partial charge in [-0.05, 0) is 35.0 Å². The molecule has 78 valence electrons. The predicted molar refractivity (Wildman–Crippen MR) is 57.1 cm³/mol. The van der Waals surface area contributed by atoms with E-state index >= 15 is 0 Å². The Kier molecular flexibility index (Phi) is 3.33. The van der Waals surface area contributed by atoms with Gasteiger partial charge in [0.2, 0.25) is 0 Å². The fraction of sp³-hybridized carbons (Fsp3) is 1.00. The molecule has 3 nitrogen and oxygen atoms in total. The average molecular weight is 185 g/mol. The van der Waals surface area contributed by atoms with Crippen LogP contribution in [0.15, 0.2) is 0 Å². The molecule has 0 saturated carbocycles. The van der Waals surface area contributed by atoms with Crippen molar-refractivity contribution in [2.75, 3.05) is 40.8 Å². The number of likely N-dealkylation sites (N-methyl/N-ethyl adjacent to an activating group) is 3. The van der Waals surface area contributed by atoms with Crippen LogP contribution in [0.25, 0.3) is 0 Å². The first-order valence-electron chi connectivity index (χ1n) is 5.03. The van der Waals surface area contributed by atoms with Crippen molar-refractivity contribution in [2.45, 2.75) is 25.4 Å². The normalized spacial score (nSPS) is 30.7. The van der Waals surface area contributed by atoms with E-state index in [1.54, 1.807) is 0 Å². The minimum Gasteiger partial charge on any atom is -0.318 e. The van der Waals surface area contributed by atoms with Gasteiger partial charge in [0.25, 0.3) is 0 Å². The third-order valence-corrected chi connectivity index (χ3v) is 3.12. The zero-order valence-corrected chi connectivity index (χ0v) is 9.59. The van der Waals surface area contributed by atoms with Gasteiger partial charge in [-0.25, -0.2) is 0 Å². The summed E-state index contributed by atoms with van der Waals surface area (Å²) >= 11 is 0. The lowest BCUT2D eigenvalue weighted by molar-refractivity contribution is 0.00629. The Morgan fingerprint density at radius 3 is 2.54 bits per heavy atom. The van der Waals surface area contributed by atoms with Crippen molar-refractivity contribution in [3.05, 3.63) is 0 Å². The van der Waals surface area contributed by atoms with E-state index in [9.17, 15) is 0 Å². The molecule has 1 rings (SSSR count). The highest BCUT2D eigenvalue weighted by Crippen LogP contribution is 2.21. The molecule has 0 radical (unpaired) electrons. The largest absolute Gasteiger partial charge is 0.318 e. The van der Waals surface area contributed by atoms with E-state index in [-0.39, 0.29) is 0 Å². The van der Waals surface area contributed by atoms with E-state index in [1.807, 2.05) is 7.05 Å². The Morgan fingerprint density at radius 1 is 1.38 bits per heavy atom. The molecule has 0 amide bonds. The second-order valence-electron chi connectivity index (χ2n) is 4.83. The molecule has 1 heterocycles. The summed E-state index contributed by atoms with van der Waals surface area (Å²) in [5.74, 6) is 0. The predicted octanol–water partition coefficient (Wildman–Crippen LogP) is 0.230. The van der Waals surface area contributed by atoms with E-state index in [0.717, 1.165) is 13.1 Å². The van der Waals surface area contributed by atoms with Crippen LogP contribution in [0.5, 0.6) is 0 Å². The maximum Gasteiger partial charge on any atom is 0.0350 e. The summed E-state index contributed by atoms with van der Waals surface area (Å²) in [6, 6.07) is 0.638. The average Bonchev–Trinajstić information content (AvgIpc) is 1.99.